The van der Waals surface area contributed by atoms with Crippen LogP contribution in [0.25, 0.3) is 16.9 Å². The lowest BCUT2D eigenvalue weighted by atomic mass is 9.89. The molecule has 8 nitrogen and oxygen atoms in total. The molecule has 1 unspecified atom stereocenters. The van der Waals surface area contributed by atoms with Crippen LogP contribution in [-0.4, -0.2) is 48.8 Å². The fourth-order valence-electron chi connectivity index (χ4n) is 4.76. The fourth-order valence-corrected chi connectivity index (χ4v) is 4.76. The van der Waals surface area contributed by atoms with E-state index in [4.69, 9.17) is 0 Å². The van der Waals surface area contributed by atoms with Gasteiger partial charge in [0.25, 0.3) is 5.91 Å². The standard InChI is InChI=1S/C25H37N7O/c1-14(2)17(6)28-19-7-9-20(10-8-19)29-25(33)23-21(15(3)4)22(30-31-23)18-11-16(5)24-26-13-27-32(24)12-18/h11-15,17,19-20,28H,7-10H2,1-6H3,(H,29,33)(H,30,31)/t17?,19-,20+. The molecular formula is C25H37N7O. The molecule has 178 valence electrons. The quantitative estimate of drug-likeness (QED) is 0.499. The van der Waals surface area contributed by atoms with Crippen molar-refractivity contribution in [2.45, 2.75) is 91.3 Å². The Morgan fingerprint density at radius 1 is 1.12 bits per heavy atom. The zero-order valence-electron chi connectivity index (χ0n) is 20.6. The summed E-state index contributed by atoms with van der Waals surface area (Å²) >= 11 is 0. The van der Waals surface area contributed by atoms with Gasteiger partial charge in [0.05, 0.1) is 5.69 Å². The molecule has 1 fully saturated rings. The number of nitrogens with zero attached hydrogens (tertiary/aromatic N) is 4. The van der Waals surface area contributed by atoms with Gasteiger partial charge in [-0.1, -0.05) is 27.7 Å². The normalized spacial score (nSPS) is 20.0. The first kappa shape index (κ1) is 23.4. The van der Waals surface area contributed by atoms with Crippen LogP contribution in [0.5, 0.6) is 0 Å². The number of pyridine rings is 1. The van der Waals surface area contributed by atoms with Gasteiger partial charge in [0.2, 0.25) is 0 Å². The van der Waals surface area contributed by atoms with Crippen molar-refractivity contribution in [3.8, 4) is 11.3 Å². The molecule has 8 heteroatoms. The van der Waals surface area contributed by atoms with E-state index in [-0.39, 0.29) is 17.9 Å². The maximum atomic E-state index is 13.2. The van der Waals surface area contributed by atoms with E-state index in [0.29, 0.717) is 23.7 Å². The maximum Gasteiger partial charge on any atom is 0.272 e. The van der Waals surface area contributed by atoms with Gasteiger partial charge in [0, 0.05) is 35.4 Å². The number of aromatic amines is 1. The van der Waals surface area contributed by atoms with Crippen molar-refractivity contribution in [2.75, 3.05) is 0 Å². The van der Waals surface area contributed by atoms with Crippen LogP contribution in [0.1, 0.15) is 87.8 Å². The van der Waals surface area contributed by atoms with Crippen molar-refractivity contribution in [3.05, 3.63) is 35.4 Å². The molecule has 1 aliphatic rings. The Balaban J connectivity index is 1.48. The van der Waals surface area contributed by atoms with Gasteiger partial charge in [0.1, 0.15) is 6.33 Å². The Hall–Kier alpha value is -2.74. The number of carbonyl (C=O) groups excluding carboxylic acids is 1. The van der Waals surface area contributed by atoms with E-state index in [2.05, 4.69) is 71.6 Å². The molecule has 1 atom stereocenters. The third-order valence-electron chi connectivity index (χ3n) is 7.01. The molecule has 3 aromatic heterocycles. The molecular weight excluding hydrogens is 414 g/mol. The van der Waals surface area contributed by atoms with Crippen molar-refractivity contribution in [1.29, 1.82) is 0 Å². The van der Waals surface area contributed by atoms with Gasteiger partial charge in [-0.2, -0.15) is 10.2 Å². The van der Waals surface area contributed by atoms with Crippen molar-refractivity contribution < 1.29 is 4.79 Å². The van der Waals surface area contributed by atoms with Gasteiger partial charge in [-0.15, -0.1) is 0 Å². The second kappa shape index (κ2) is 9.63. The van der Waals surface area contributed by atoms with E-state index in [9.17, 15) is 4.79 Å². The summed E-state index contributed by atoms with van der Waals surface area (Å²) in [5, 5.41) is 18.9. The average Bonchev–Trinajstić information content (AvgIpc) is 3.42. The van der Waals surface area contributed by atoms with Crippen LogP contribution < -0.4 is 10.6 Å². The highest BCUT2D eigenvalue weighted by Crippen LogP contribution is 2.31. The Labute approximate surface area is 196 Å². The number of nitrogens with one attached hydrogen (secondary N) is 3. The van der Waals surface area contributed by atoms with Crippen LogP contribution in [0.4, 0.5) is 0 Å². The molecule has 0 saturated heterocycles. The Morgan fingerprint density at radius 3 is 2.48 bits per heavy atom. The molecule has 4 rings (SSSR count). The second-order valence-corrected chi connectivity index (χ2v) is 10.2. The first-order chi connectivity index (χ1) is 15.7. The lowest BCUT2D eigenvalue weighted by Crippen LogP contribution is -2.45. The van der Waals surface area contributed by atoms with Crippen molar-refractivity contribution in [3.63, 3.8) is 0 Å². The largest absolute Gasteiger partial charge is 0.348 e. The molecule has 1 amide bonds. The average molecular weight is 452 g/mol. The molecule has 0 aliphatic heterocycles. The summed E-state index contributed by atoms with van der Waals surface area (Å²) in [5.74, 6) is 0.676. The molecule has 3 aromatic rings. The van der Waals surface area contributed by atoms with E-state index in [0.717, 1.165) is 53.7 Å². The highest BCUT2D eigenvalue weighted by atomic mass is 16.2. The molecule has 0 bridgehead atoms. The third kappa shape index (κ3) is 4.95. The minimum absolute atomic E-state index is 0.0910. The van der Waals surface area contributed by atoms with Gasteiger partial charge in [-0.25, -0.2) is 9.50 Å². The lowest BCUT2D eigenvalue weighted by Gasteiger charge is -2.32. The number of H-pyrrole nitrogens is 1. The number of carbonyl (C=O) groups is 1. The Kier molecular flexibility index (Phi) is 6.83. The topological polar surface area (TPSA) is 100 Å². The number of rotatable bonds is 7. The maximum absolute atomic E-state index is 13.2. The van der Waals surface area contributed by atoms with E-state index < -0.39 is 0 Å². The summed E-state index contributed by atoms with van der Waals surface area (Å²) in [7, 11) is 0. The molecule has 33 heavy (non-hydrogen) atoms. The Morgan fingerprint density at radius 2 is 1.82 bits per heavy atom. The van der Waals surface area contributed by atoms with Crippen molar-refractivity contribution in [1.82, 2.24) is 35.4 Å². The zero-order valence-corrected chi connectivity index (χ0v) is 20.6. The first-order valence-corrected chi connectivity index (χ1v) is 12.2. The molecule has 0 spiro atoms. The number of amides is 1. The summed E-state index contributed by atoms with van der Waals surface area (Å²) in [6.07, 6.45) is 7.64. The molecule has 3 heterocycles. The van der Waals surface area contributed by atoms with Crippen molar-refractivity contribution >= 4 is 11.6 Å². The Bertz CT molecular complexity index is 1110. The minimum Gasteiger partial charge on any atom is -0.348 e. The zero-order chi connectivity index (χ0) is 23.7. The number of fused-ring (bicyclic) bond motifs is 1. The van der Waals surface area contributed by atoms with E-state index in [1.165, 1.54) is 0 Å². The highest BCUT2D eigenvalue weighted by molar-refractivity contribution is 5.96. The highest BCUT2D eigenvalue weighted by Gasteiger charge is 2.28. The number of aryl methyl sites for hydroxylation is 1. The SMILES string of the molecule is Cc1cc(-c2[nH]nc(C(=O)N[C@H]3CC[C@@H](NC(C)C(C)C)CC3)c2C(C)C)cn2ncnc12. The van der Waals surface area contributed by atoms with Crippen LogP contribution in [0, 0.1) is 12.8 Å². The van der Waals surface area contributed by atoms with Crippen molar-refractivity contribution in [2.24, 2.45) is 5.92 Å². The van der Waals surface area contributed by atoms with E-state index in [1.54, 1.807) is 10.8 Å². The van der Waals surface area contributed by atoms with Gasteiger partial charge >= 0.3 is 0 Å². The summed E-state index contributed by atoms with van der Waals surface area (Å²) in [5.41, 5.74) is 5.10. The predicted octanol–water partition coefficient (Wildman–Crippen LogP) is 4.23. The second-order valence-electron chi connectivity index (χ2n) is 10.2. The summed E-state index contributed by atoms with van der Waals surface area (Å²) in [4.78, 5) is 17.5. The number of aromatic nitrogens is 5. The predicted molar refractivity (Wildman–Crippen MR) is 130 cm³/mol. The van der Waals surface area contributed by atoms with Crippen LogP contribution in [-0.2, 0) is 0 Å². The third-order valence-corrected chi connectivity index (χ3v) is 7.01. The summed E-state index contributed by atoms with van der Waals surface area (Å²) < 4.78 is 1.77. The summed E-state index contributed by atoms with van der Waals surface area (Å²) in [6.45, 7) is 13.0. The molecule has 3 N–H and O–H groups in total. The lowest BCUT2D eigenvalue weighted by molar-refractivity contribution is 0.0917. The van der Waals surface area contributed by atoms with Crippen LogP contribution in [0.3, 0.4) is 0 Å². The first-order valence-electron chi connectivity index (χ1n) is 12.2. The molecule has 1 saturated carbocycles. The number of hydrogen-bond acceptors (Lipinski definition) is 5. The van der Waals surface area contributed by atoms with Gasteiger partial charge in [0.15, 0.2) is 11.3 Å². The van der Waals surface area contributed by atoms with Gasteiger partial charge < -0.3 is 10.6 Å². The smallest absolute Gasteiger partial charge is 0.272 e. The monoisotopic (exact) mass is 451 g/mol. The van der Waals surface area contributed by atoms with E-state index >= 15 is 0 Å². The van der Waals surface area contributed by atoms with Gasteiger partial charge in [-0.05, 0) is 63.0 Å². The van der Waals surface area contributed by atoms with Gasteiger partial charge in [-0.3, -0.25) is 9.89 Å². The van der Waals surface area contributed by atoms with E-state index in [1.807, 2.05) is 13.1 Å². The molecule has 1 aliphatic carbocycles. The number of hydrogen-bond donors (Lipinski definition) is 3. The minimum atomic E-state index is -0.0910. The molecule has 0 radical (unpaired) electrons. The van der Waals surface area contributed by atoms with Crippen LogP contribution in [0.15, 0.2) is 18.6 Å². The fraction of sp³-hybridized carbons (Fsp3) is 0.600. The molecule has 0 aromatic carbocycles. The van der Waals surface area contributed by atoms with Crippen LogP contribution >= 0.6 is 0 Å². The summed E-state index contributed by atoms with van der Waals surface area (Å²) in [6, 6.07) is 3.31. The van der Waals surface area contributed by atoms with Crippen LogP contribution in [0.2, 0.25) is 0 Å².